The van der Waals surface area contributed by atoms with Crippen LogP contribution in [0.25, 0.3) is 11.0 Å². The number of aryl methyl sites for hydroxylation is 1. The molecule has 1 fully saturated rings. The molecule has 0 bridgehead atoms. The van der Waals surface area contributed by atoms with Crippen LogP contribution in [0, 0.1) is 5.92 Å². The van der Waals surface area contributed by atoms with Crippen molar-refractivity contribution in [3.8, 4) is 0 Å². The molecule has 0 spiro atoms. The van der Waals surface area contributed by atoms with E-state index in [0.29, 0.717) is 25.2 Å². The number of nitrogens with one attached hydrogen (secondary N) is 1. The molecule has 1 aromatic heterocycles. The van der Waals surface area contributed by atoms with Gasteiger partial charge < -0.3 is 10.1 Å². The van der Waals surface area contributed by atoms with Gasteiger partial charge in [0, 0.05) is 13.6 Å². The number of rotatable bonds is 6. The lowest BCUT2D eigenvalue weighted by atomic mass is 9.88. The molecule has 0 radical (unpaired) electrons. The number of imidazole rings is 1. The average molecular weight is 345 g/mol. The van der Waals surface area contributed by atoms with Gasteiger partial charge in [-0.3, -0.25) is 13.9 Å². The lowest BCUT2D eigenvalue weighted by molar-refractivity contribution is -0.122. The molecule has 0 aliphatic heterocycles. The summed E-state index contributed by atoms with van der Waals surface area (Å²) in [4.78, 5) is 24.5. The number of para-hydroxylation sites is 2. The van der Waals surface area contributed by atoms with Gasteiger partial charge in [0.25, 0.3) is 0 Å². The molecule has 1 N–H and O–H groups in total. The Labute approximate surface area is 147 Å². The van der Waals surface area contributed by atoms with E-state index in [0.717, 1.165) is 17.5 Å². The van der Waals surface area contributed by atoms with Gasteiger partial charge in [0.05, 0.1) is 23.7 Å². The summed E-state index contributed by atoms with van der Waals surface area (Å²) in [6.45, 7) is 3.25. The molecule has 136 valence electrons. The highest BCUT2D eigenvalue weighted by Gasteiger charge is 2.21. The average Bonchev–Trinajstić information content (AvgIpc) is 2.85. The summed E-state index contributed by atoms with van der Waals surface area (Å²) in [5.74, 6) is 0.428. The van der Waals surface area contributed by atoms with Gasteiger partial charge in [-0.2, -0.15) is 0 Å². The van der Waals surface area contributed by atoms with Gasteiger partial charge >= 0.3 is 5.69 Å². The molecule has 1 aliphatic carbocycles. The van der Waals surface area contributed by atoms with Crippen molar-refractivity contribution in [2.24, 2.45) is 13.0 Å². The minimum Gasteiger partial charge on any atom is -0.376 e. The van der Waals surface area contributed by atoms with Crippen LogP contribution in [0.15, 0.2) is 29.1 Å². The monoisotopic (exact) mass is 345 g/mol. The van der Waals surface area contributed by atoms with Crippen LogP contribution in [0.3, 0.4) is 0 Å². The number of hydrogen-bond acceptors (Lipinski definition) is 3. The van der Waals surface area contributed by atoms with Crippen molar-refractivity contribution in [3.05, 3.63) is 34.7 Å². The number of carbonyl (C=O) groups excluding carboxylic acids is 1. The molecule has 0 unspecified atom stereocenters. The van der Waals surface area contributed by atoms with Crippen molar-refractivity contribution in [2.75, 3.05) is 13.2 Å². The van der Waals surface area contributed by atoms with E-state index in [1.807, 2.05) is 24.3 Å². The van der Waals surface area contributed by atoms with Crippen LogP contribution < -0.4 is 11.0 Å². The molecule has 2 aromatic rings. The van der Waals surface area contributed by atoms with Crippen LogP contribution in [0.1, 0.15) is 32.6 Å². The van der Waals surface area contributed by atoms with E-state index in [4.69, 9.17) is 4.74 Å². The molecule has 6 nitrogen and oxygen atoms in total. The van der Waals surface area contributed by atoms with Crippen LogP contribution in [-0.4, -0.2) is 34.3 Å². The topological polar surface area (TPSA) is 65.3 Å². The molecule has 3 rings (SSSR count). The molecule has 0 saturated heterocycles. The first-order valence-corrected chi connectivity index (χ1v) is 9.10. The second-order valence-electron chi connectivity index (χ2n) is 6.94. The van der Waals surface area contributed by atoms with E-state index in [-0.39, 0.29) is 18.1 Å². The summed E-state index contributed by atoms with van der Waals surface area (Å²) < 4.78 is 8.98. The van der Waals surface area contributed by atoms with Crippen molar-refractivity contribution < 1.29 is 9.53 Å². The summed E-state index contributed by atoms with van der Waals surface area (Å²) in [5, 5.41) is 2.85. The third-order valence-corrected chi connectivity index (χ3v) is 5.14. The summed E-state index contributed by atoms with van der Waals surface area (Å²) in [5.41, 5.74) is 1.43. The largest absolute Gasteiger partial charge is 0.376 e. The van der Waals surface area contributed by atoms with E-state index in [1.165, 1.54) is 23.8 Å². The van der Waals surface area contributed by atoms with Gasteiger partial charge in [0.15, 0.2) is 0 Å². The van der Waals surface area contributed by atoms with Crippen molar-refractivity contribution in [2.45, 2.75) is 45.3 Å². The van der Waals surface area contributed by atoms with Gasteiger partial charge in [0.2, 0.25) is 5.91 Å². The quantitative estimate of drug-likeness (QED) is 0.815. The minimum atomic E-state index is -0.177. The first-order valence-electron chi connectivity index (χ1n) is 9.10. The fourth-order valence-electron chi connectivity index (χ4n) is 3.65. The summed E-state index contributed by atoms with van der Waals surface area (Å²) in [6.07, 6.45) is 5.16. The van der Waals surface area contributed by atoms with E-state index in [9.17, 15) is 9.59 Å². The molecular formula is C19H27N3O3. The number of fused-ring (bicyclic) bond motifs is 1. The number of aromatic nitrogens is 2. The molecule has 1 aliphatic rings. The third-order valence-electron chi connectivity index (χ3n) is 5.14. The van der Waals surface area contributed by atoms with Gasteiger partial charge in [-0.15, -0.1) is 0 Å². The normalized spacial score (nSPS) is 20.7. The molecule has 2 atom stereocenters. The van der Waals surface area contributed by atoms with Gasteiger partial charge in [-0.05, 0) is 30.9 Å². The fourth-order valence-corrected chi connectivity index (χ4v) is 3.65. The molecule has 6 heteroatoms. The highest BCUT2D eigenvalue weighted by molar-refractivity contribution is 5.80. The predicted octanol–water partition coefficient (Wildman–Crippen LogP) is 2.05. The second-order valence-corrected chi connectivity index (χ2v) is 6.94. The number of carbonyl (C=O) groups is 1. The fraction of sp³-hybridized carbons (Fsp3) is 0.579. The number of nitrogens with zero attached hydrogens (tertiary/aromatic N) is 2. The van der Waals surface area contributed by atoms with E-state index >= 15 is 0 Å². The van der Waals surface area contributed by atoms with Gasteiger partial charge in [0.1, 0.15) is 6.54 Å². The molecule has 1 amide bonds. The zero-order chi connectivity index (χ0) is 17.8. The number of hydrogen-bond donors (Lipinski definition) is 1. The molecule has 1 heterocycles. The predicted molar refractivity (Wildman–Crippen MR) is 97.6 cm³/mol. The molecule has 1 aromatic carbocycles. The highest BCUT2D eigenvalue weighted by atomic mass is 16.5. The van der Waals surface area contributed by atoms with Gasteiger partial charge in [-0.25, -0.2) is 4.79 Å². The second kappa shape index (κ2) is 7.87. The maximum atomic E-state index is 12.3. The van der Waals surface area contributed by atoms with E-state index in [1.54, 1.807) is 11.6 Å². The Balaban J connectivity index is 1.52. The Bertz CT molecular complexity index is 793. The van der Waals surface area contributed by atoms with E-state index < -0.39 is 0 Å². The summed E-state index contributed by atoms with van der Waals surface area (Å²) in [6, 6.07) is 7.49. The Morgan fingerprint density at radius 1 is 1.24 bits per heavy atom. The maximum Gasteiger partial charge on any atom is 0.329 e. The number of ether oxygens (including phenoxy) is 1. The first kappa shape index (κ1) is 17.7. The zero-order valence-corrected chi connectivity index (χ0v) is 15.0. The summed E-state index contributed by atoms with van der Waals surface area (Å²) >= 11 is 0. The van der Waals surface area contributed by atoms with Crippen LogP contribution in [0.2, 0.25) is 0 Å². The van der Waals surface area contributed by atoms with Crippen LogP contribution >= 0.6 is 0 Å². The smallest absolute Gasteiger partial charge is 0.329 e. The van der Waals surface area contributed by atoms with Crippen molar-refractivity contribution >= 4 is 16.9 Å². The van der Waals surface area contributed by atoms with Crippen LogP contribution in [0.5, 0.6) is 0 Å². The number of benzene rings is 1. The zero-order valence-electron chi connectivity index (χ0n) is 15.0. The molecular weight excluding hydrogens is 318 g/mol. The lowest BCUT2D eigenvalue weighted by Crippen LogP contribution is -2.35. The maximum absolute atomic E-state index is 12.3. The Hall–Kier alpha value is -2.08. The standard InChI is InChI=1S/C19H27N3O3/c1-14-7-3-6-10-17(14)25-12-11-20-18(23)13-22-16-9-5-4-8-15(16)21(2)19(22)24/h4-5,8-9,14,17H,3,6-7,10-13H2,1-2H3,(H,20,23)/t14-,17+/m0/s1. The van der Waals surface area contributed by atoms with Crippen molar-refractivity contribution in [3.63, 3.8) is 0 Å². The Kier molecular flexibility index (Phi) is 5.58. The van der Waals surface area contributed by atoms with Crippen LogP contribution in [0.4, 0.5) is 0 Å². The SMILES string of the molecule is C[C@H]1CCCC[C@H]1OCCNC(=O)Cn1c(=O)n(C)c2ccccc21. The van der Waals surface area contributed by atoms with Crippen LogP contribution in [-0.2, 0) is 23.1 Å². The summed E-state index contributed by atoms with van der Waals surface area (Å²) in [7, 11) is 1.72. The van der Waals surface area contributed by atoms with Gasteiger partial charge in [-0.1, -0.05) is 31.9 Å². The lowest BCUT2D eigenvalue weighted by Gasteiger charge is -2.28. The first-order chi connectivity index (χ1) is 12.1. The Morgan fingerprint density at radius 2 is 1.96 bits per heavy atom. The highest BCUT2D eigenvalue weighted by Crippen LogP contribution is 2.25. The third kappa shape index (κ3) is 3.95. The number of amides is 1. The Morgan fingerprint density at radius 3 is 2.72 bits per heavy atom. The van der Waals surface area contributed by atoms with Crippen molar-refractivity contribution in [1.29, 1.82) is 0 Å². The molecule has 25 heavy (non-hydrogen) atoms. The minimum absolute atomic E-state index is 0.0278. The molecule has 1 saturated carbocycles. The van der Waals surface area contributed by atoms with E-state index in [2.05, 4.69) is 12.2 Å². The van der Waals surface area contributed by atoms with Crippen molar-refractivity contribution in [1.82, 2.24) is 14.5 Å².